The first-order valence-corrected chi connectivity index (χ1v) is 16.4. The number of likely N-dealkylation sites (tertiary alicyclic amines) is 1. The van der Waals surface area contributed by atoms with E-state index in [1.54, 1.807) is 6.20 Å². The molecular weight excluding hydrogens is 567 g/mol. The van der Waals surface area contributed by atoms with Crippen LogP contribution in [0.4, 0.5) is 4.39 Å². The van der Waals surface area contributed by atoms with Gasteiger partial charge in [-0.2, -0.15) is 0 Å². The average molecular weight is 609 g/mol. The van der Waals surface area contributed by atoms with Crippen LogP contribution in [0.2, 0.25) is 0 Å². The highest BCUT2D eigenvalue weighted by Gasteiger charge is 2.29. The smallest absolute Gasteiger partial charge is 0.256 e. The molecule has 8 heteroatoms. The van der Waals surface area contributed by atoms with Crippen LogP contribution in [0, 0.1) is 5.82 Å². The maximum atomic E-state index is 15.9. The van der Waals surface area contributed by atoms with Gasteiger partial charge >= 0.3 is 0 Å². The molecule has 3 atom stereocenters. The Bertz CT molecular complexity index is 1890. The molecule has 0 spiro atoms. The summed E-state index contributed by atoms with van der Waals surface area (Å²) in [6.07, 6.45) is 11.0. The second kappa shape index (κ2) is 12.1. The Morgan fingerprint density at radius 2 is 1.87 bits per heavy atom. The monoisotopic (exact) mass is 608 g/mol. The molecule has 1 saturated heterocycles. The van der Waals surface area contributed by atoms with Gasteiger partial charge in [0.1, 0.15) is 16.9 Å². The van der Waals surface area contributed by atoms with Crippen molar-refractivity contribution in [3.05, 3.63) is 87.5 Å². The van der Waals surface area contributed by atoms with Crippen molar-refractivity contribution < 1.29 is 13.9 Å². The number of nitrogens with two attached hydrogens (primary N) is 1. The lowest BCUT2D eigenvalue weighted by Crippen LogP contribution is -2.44. The molecule has 7 nitrogen and oxygen atoms in total. The molecule has 4 aromatic rings. The van der Waals surface area contributed by atoms with E-state index in [2.05, 4.69) is 24.1 Å². The molecular formula is C37H41FN4O3. The Balaban J connectivity index is 1.26. The number of allylic oxidation sites excluding steroid dienone is 1. The van der Waals surface area contributed by atoms with Crippen molar-refractivity contribution in [1.82, 2.24) is 14.8 Å². The summed E-state index contributed by atoms with van der Waals surface area (Å²) in [6, 6.07) is 14.3. The summed E-state index contributed by atoms with van der Waals surface area (Å²) in [6.45, 7) is 5.87. The van der Waals surface area contributed by atoms with Gasteiger partial charge in [0, 0.05) is 43.0 Å². The molecule has 3 aromatic carbocycles. The Hall–Kier alpha value is -4.01. The van der Waals surface area contributed by atoms with Crippen molar-refractivity contribution in [2.24, 2.45) is 5.73 Å². The van der Waals surface area contributed by atoms with Gasteiger partial charge in [0.05, 0.1) is 11.1 Å². The number of carbonyl (C=O) groups is 1. The van der Waals surface area contributed by atoms with Gasteiger partial charge in [0.25, 0.3) is 5.91 Å². The van der Waals surface area contributed by atoms with E-state index in [0.717, 1.165) is 43.0 Å². The van der Waals surface area contributed by atoms with E-state index < -0.39 is 17.2 Å². The third-order valence-corrected chi connectivity index (χ3v) is 10.0. The number of fused-ring (bicyclic) bond motifs is 3. The number of ether oxygens (including phenoxy) is 1. The van der Waals surface area contributed by atoms with Crippen molar-refractivity contribution in [2.75, 3.05) is 13.1 Å². The Morgan fingerprint density at radius 1 is 1.11 bits per heavy atom. The predicted molar refractivity (Wildman–Crippen MR) is 177 cm³/mol. The number of hydrogen-bond donors (Lipinski definition) is 2. The molecule has 0 radical (unpaired) electrons. The van der Waals surface area contributed by atoms with Crippen molar-refractivity contribution >= 4 is 27.6 Å². The highest BCUT2D eigenvalue weighted by atomic mass is 19.1. The fraction of sp³-hybridized carbons (Fsp3) is 0.405. The van der Waals surface area contributed by atoms with Gasteiger partial charge in [-0.15, -0.1) is 0 Å². The van der Waals surface area contributed by atoms with Gasteiger partial charge in [0.2, 0.25) is 5.43 Å². The summed E-state index contributed by atoms with van der Waals surface area (Å²) < 4.78 is 24.2. The third kappa shape index (κ3) is 5.55. The first kappa shape index (κ1) is 29.7. The summed E-state index contributed by atoms with van der Waals surface area (Å²) in [4.78, 5) is 29.9. The van der Waals surface area contributed by atoms with Crippen LogP contribution in [0.1, 0.15) is 74.7 Å². The van der Waals surface area contributed by atoms with Crippen LogP contribution >= 0.6 is 0 Å². The number of nitrogens with zero attached hydrogens (tertiary/aromatic N) is 2. The lowest BCUT2D eigenvalue weighted by molar-refractivity contribution is 0.0924. The van der Waals surface area contributed by atoms with Crippen molar-refractivity contribution in [1.29, 1.82) is 0 Å². The van der Waals surface area contributed by atoms with Gasteiger partial charge in [-0.05, 0) is 87.8 Å². The molecule has 1 saturated carbocycles. The van der Waals surface area contributed by atoms with Crippen LogP contribution in [0.25, 0.3) is 27.4 Å². The van der Waals surface area contributed by atoms with Crippen molar-refractivity contribution in [3.63, 3.8) is 0 Å². The van der Waals surface area contributed by atoms with Crippen LogP contribution in [0.3, 0.4) is 0 Å². The number of hydrogen-bond acceptors (Lipinski definition) is 5. The molecule has 7 rings (SSSR count). The molecule has 1 aliphatic carbocycles. The van der Waals surface area contributed by atoms with E-state index in [0.29, 0.717) is 53.3 Å². The zero-order valence-electron chi connectivity index (χ0n) is 26.1. The maximum absolute atomic E-state index is 15.9. The zero-order valence-corrected chi connectivity index (χ0v) is 26.1. The van der Waals surface area contributed by atoms with E-state index >= 15 is 4.39 Å². The maximum Gasteiger partial charge on any atom is 0.256 e. The quantitative estimate of drug-likeness (QED) is 0.158. The number of benzene rings is 3. The molecule has 0 bridgehead atoms. The summed E-state index contributed by atoms with van der Waals surface area (Å²) >= 11 is 0. The lowest BCUT2D eigenvalue weighted by Gasteiger charge is -2.39. The van der Waals surface area contributed by atoms with E-state index in [9.17, 15) is 9.59 Å². The summed E-state index contributed by atoms with van der Waals surface area (Å²) in [5, 5.41) is 5.07. The highest BCUT2D eigenvalue weighted by Crippen LogP contribution is 2.44. The van der Waals surface area contributed by atoms with Gasteiger partial charge in [-0.3, -0.25) is 14.5 Å². The number of piperidine rings is 1. The fourth-order valence-corrected chi connectivity index (χ4v) is 7.52. The van der Waals surface area contributed by atoms with Crippen LogP contribution < -0.4 is 21.2 Å². The number of pyridine rings is 1. The molecule has 3 heterocycles. The fourth-order valence-electron chi connectivity index (χ4n) is 7.52. The highest BCUT2D eigenvalue weighted by molar-refractivity contribution is 6.00. The minimum atomic E-state index is -0.521. The van der Waals surface area contributed by atoms with Gasteiger partial charge in [0.15, 0.2) is 11.5 Å². The number of amides is 1. The van der Waals surface area contributed by atoms with Crippen LogP contribution in [-0.2, 0) is 6.42 Å². The molecule has 45 heavy (non-hydrogen) atoms. The van der Waals surface area contributed by atoms with E-state index in [-0.39, 0.29) is 17.0 Å². The van der Waals surface area contributed by atoms with Gasteiger partial charge < -0.3 is 20.4 Å². The molecule has 1 aromatic heterocycles. The third-order valence-electron chi connectivity index (χ3n) is 10.0. The number of aromatic nitrogens is 1. The number of carbonyl (C=O) groups excluding carboxylic acids is 1. The topological polar surface area (TPSA) is 89.6 Å². The molecule has 234 valence electrons. The second-order valence-electron chi connectivity index (χ2n) is 13.1. The first-order chi connectivity index (χ1) is 21.8. The Morgan fingerprint density at radius 3 is 2.60 bits per heavy atom. The normalized spacial score (nSPS) is 22.1. The SMILES string of the molecule is CC1CCCC(C)N1CCCNC(=O)c1cn2c3c(c(C/C=C4\CCC(N)C4)c(F)cc3c1=O)Oc1cc3ccccc3cc1-2. The van der Waals surface area contributed by atoms with Crippen molar-refractivity contribution in [2.45, 2.75) is 83.3 Å². The standard InChI is InChI=1S/C37H41FN4O3/c1-22-7-5-8-23(2)41(22)16-6-15-40-37(44)30-21-42-32-18-25-9-3-4-10-26(25)19-33(32)45-36-28(14-12-24-11-13-27(39)17-24)31(38)20-29(34(36)42)35(30)43/h3-4,9-10,12,18-23,27H,5-8,11,13-17,39H2,1-2H3,(H,40,44)/b24-12+. The first-order valence-electron chi connectivity index (χ1n) is 16.4. The summed E-state index contributed by atoms with van der Waals surface area (Å²) in [5.74, 6) is -0.107. The Labute approximate surface area is 262 Å². The molecule has 1 amide bonds. The predicted octanol–water partition coefficient (Wildman–Crippen LogP) is 6.75. The van der Waals surface area contributed by atoms with E-state index in [4.69, 9.17) is 10.5 Å². The zero-order chi connectivity index (χ0) is 31.2. The largest absolute Gasteiger partial charge is 0.452 e. The lowest BCUT2D eigenvalue weighted by atomic mass is 9.97. The van der Waals surface area contributed by atoms with Gasteiger partial charge in [-0.25, -0.2) is 4.39 Å². The van der Waals surface area contributed by atoms with Crippen molar-refractivity contribution in [3.8, 4) is 17.2 Å². The number of halogens is 1. The number of nitrogens with one attached hydrogen (secondary N) is 1. The van der Waals surface area contributed by atoms with Crippen LogP contribution in [-0.4, -0.2) is 46.6 Å². The summed E-state index contributed by atoms with van der Waals surface area (Å²) in [5.41, 5.74) is 8.37. The van der Waals surface area contributed by atoms with E-state index in [1.165, 1.54) is 30.9 Å². The van der Waals surface area contributed by atoms with Gasteiger partial charge in [-0.1, -0.05) is 42.3 Å². The minimum absolute atomic E-state index is 0.0108. The Kier molecular flexibility index (Phi) is 7.96. The van der Waals surface area contributed by atoms with Crippen LogP contribution in [0.15, 0.2) is 65.1 Å². The molecule has 3 N–H and O–H groups in total. The summed E-state index contributed by atoms with van der Waals surface area (Å²) in [7, 11) is 0. The molecule has 3 aliphatic rings. The average Bonchev–Trinajstić information content (AvgIpc) is 3.45. The van der Waals surface area contributed by atoms with E-state index in [1.807, 2.05) is 47.0 Å². The van der Waals surface area contributed by atoms with Crippen LogP contribution in [0.5, 0.6) is 11.5 Å². The minimum Gasteiger partial charge on any atom is -0.452 e. The molecule has 2 fully saturated rings. The second-order valence-corrected chi connectivity index (χ2v) is 13.1. The molecule has 3 unspecified atom stereocenters. The number of rotatable bonds is 7. The molecule has 2 aliphatic heterocycles.